The van der Waals surface area contributed by atoms with Gasteiger partial charge >= 0.3 is 5.97 Å². The third-order valence-electron chi connectivity index (χ3n) is 3.86. The predicted molar refractivity (Wildman–Crippen MR) is 107 cm³/mol. The van der Waals surface area contributed by atoms with Gasteiger partial charge in [0.05, 0.1) is 17.6 Å². The summed E-state index contributed by atoms with van der Waals surface area (Å²) in [4.78, 5) is 10.9. The molecule has 3 rings (SSSR count). The van der Waals surface area contributed by atoms with Crippen molar-refractivity contribution in [1.29, 1.82) is 0 Å². The number of para-hydroxylation sites is 2. The Morgan fingerprint density at radius 3 is 1.93 bits per heavy atom. The average Bonchev–Trinajstić information content (AvgIpc) is 2.71. The van der Waals surface area contributed by atoms with E-state index < -0.39 is 12.1 Å². The van der Waals surface area contributed by atoms with Crippen molar-refractivity contribution in [3.8, 4) is 5.75 Å². The molecule has 0 bridgehead atoms. The summed E-state index contributed by atoms with van der Waals surface area (Å²) in [6.45, 7) is 1.50. The number of hydrazone groups is 1. The summed E-state index contributed by atoms with van der Waals surface area (Å²) < 4.78 is 5.34. The quantitative estimate of drug-likeness (QED) is 0.489. The molecule has 3 aromatic carbocycles. The van der Waals surface area contributed by atoms with Gasteiger partial charge in [0.2, 0.25) is 0 Å². The molecule has 3 aromatic rings. The fraction of sp³-hybridized carbons (Fsp3) is 0.0909. The fourth-order valence-electron chi connectivity index (χ4n) is 2.43. The molecule has 0 aromatic heterocycles. The minimum Gasteiger partial charge on any atom is -0.479 e. The number of nitrogens with zero attached hydrogens (tertiary/aromatic N) is 2. The second-order valence-electron chi connectivity index (χ2n) is 5.89. The second-order valence-corrected chi connectivity index (χ2v) is 5.89. The number of benzene rings is 3. The SMILES string of the molecule is C[C@H](Oc1ccc(/C=N\N(c2ccccc2)c2ccccc2)cc1)C(=O)O. The molecule has 0 aliphatic carbocycles. The van der Waals surface area contributed by atoms with Crippen molar-refractivity contribution in [3.05, 3.63) is 90.5 Å². The van der Waals surface area contributed by atoms with Gasteiger partial charge in [0, 0.05) is 0 Å². The number of anilines is 2. The molecule has 0 spiro atoms. The normalized spacial score (nSPS) is 11.9. The predicted octanol–water partition coefficient (Wildman–Crippen LogP) is 4.71. The highest BCUT2D eigenvalue weighted by Crippen LogP contribution is 2.25. The Labute approximate surface area is 158 Å². The molecule has 5 heteroatoms. The lowest BCUT2D eigenvalue weighted by Crippen LogP contribution is -2.22. The molecule has 0 heterocycles. The molecule has 0 aliphatic rings. The Bertz CT molecular complexity index is 854. The van der Waals surface area contributed by atoms with Crippen LogP contribution in [-0.4, -0.2) is 23.4 Å². The van der Waals surface area contributed by atoms with Crippen LogP contribution in [0.25, 0.3) is 0 Å². The first kappa shape index (κ1) is 18.2. The van der Waals surface area contributed by atoms with E-state index in [1.165, 1.54) is 6.92 Å². The first-order chi connectivity index (χ1) is 13.1. The van der Waals surface area contributed by atoms with Gasteiger partial charge in [0.25, 0.3) is 0 Å². The van der Waals surface area contributed by atoms with Gasteiger partial charge in [-0.2, -0.15) is 5.10 Å². The van der Waals surface area contributed by atoms with E-state index in [4.69, 9.17) is 9.84 Å². The second kappa shape index (κ2) is 8.67. The molecule has 0 fully saturated rings. The van der Waals surface area contributed by atoms with E-state index in [1.54, 1.807) is 18.3 Å². The molecule has 0 saturated carbocycles. The molecule has 0 saturated heterocycles. The van der Waals surface area contributed by atoms with Crippen LogP contribution in [0.3, 0.4) is 0 Å². The molecule has 0 radical (unpaired) electrons. The number of ether oxygens (including phenoxy) is 1. The van der Waals surface area contributed by atoms with Crippen LogP contribution in [0.2, 0.25) is 0 Å². The van der Waals surface area contributed by atoms with E-state index in [0.29, 0.717) is 5.75 Å². The van der Waals surface area contributed by atoms with Crippen molar-refractivity contribution < 1.29 is 14.6 Å². The first-order valence-electron chi connectivity index (χ1n) is 8.57. The van der Waals surface area contributed by atoms with Crippen LogP contribution >= 0.6 is 0 Å². The lowest BCUT2D eigenvalue weighted by atomic mass is 10.2. The molecular formula is C22H20N2O3. The minimum atomic E-state index is -0.998. The molecule has 5 nitrogen and oxygen atoms in total. The van der Waals surface area contributed by atoms with Gasteiger partial charge < -0.3 is 9.84 Å². The van der Waals surface area contributed by atoms with Crippen LogP contribution in [-0.2, 0) is 4.79 Å². The van der Waals surface area contributed by atoms with E-state index in [-0.39, 0.29) is 0 Å². The third-order valence-corrected chi connectivity index (χ3v) is 3.86. The van der Waals surface area contributed by atoms with Gasteiger partial charge in [-0.05, 0) is 61.0 Å². The van der Waals surface area contributed by atoms with Crippen molar-refractivity contribution in [3.63, 3.8) is 0 Å². The number of carboxylic acid groups (broad SMARTS) is 1. The summed E-state index contributed by atoms with van der Waals surface area (Å²) in [6.07, 6.45) is 0.862. The summed E-state index contributed by atoms with van der Waals surface area (Å²) in [6, 6.07) is 26.9. The number of hydrogen-bond donors (Lipinski definition) is 1. The third kappa shape index (κ3) is 4.95. The average molecular weight is 360 g/mol. The van der Waals surface area contributed by atoms with E-state index in [2.05, 4.69) is 5.10 Å². The van der Waals surface area contributed by atoms with Crippen molar-refractivity contribution >= 4 is 23.6 Å². The number of carbonyl (C=O) groups is 1. The van der Waals surface area contributed by atoms with Gasteiger partial charge in [0.15, 0.2) is 6.10 Å². The highest BCUT2D eigenvalue weighted by molar-refractivity contribution is 5.82. The summed E-state index contributed by atoms with van der Waals surface area (Å²) in [7, 11) is 0. The Kier molecular flexibility index (Phi) is 5.84. The summed E-state index contributed by atoms with van der Waals surface area (Å²) in [5, 5.41) is 15.4. The Morgan fingerprint density at radius 1 is 0.926 bits per heavy atom. The van der Waals surface area contributed by atoms with Crippen molar-refractivity contribution in [2.24, 2.45) is 5.10 Å². The molecule has 0 unspecified atom stereocenters. The van der Waals surface area contributed by atoms with E-state index in [9.17, 15) is 4.79 Å². The van der Waals surface area contributed by atoms with Gasteiger partial charge in [-0.25, -0.2) is 9.80 Å². The smallest absolute Gasteiger partial charge is 0.344 e. The molecule has 1 atom stereocenters. The largest absolute Gasteiger partial charge is 0.479 e. The Balaban J connectivity index is 1.80. The Hall–Kier alpha value is -3.60. The molecule has 1 N–H and O–H groups in total. The summed E-state index contributed by atoms with van der Waals surface area (Å²) in [5.74, 6) is -0.493. The zero-order valence-electron chi connectivity index (χ0n) is 14.9. The van der Waals surface area contributed by atoms with Crippen molar-refractivity contribution in [2.75, 3.05) is 5.01 Å². The van der Waals surface area contributed by atoms with Crippen LogP contribution < -0.4 is 9.75 Å². The van der Waals surface area contributed by atoms with Crippen LogP contribution in [0.15, 0.2) is 90.0 Å². The zero-order valence-corrected chi connectivity index (χ0v) is 14.9. The monoisotopic (exact) mass is 360 g/mol. The maximum absolute atomic E-state index is 10.9. The highest BCUT2D eigenvalue weighted by Gasteiger charge is 2.12. The Morgan fingerprint density at radius 2 is 1.44 bits per heavy atom. The number of carboxylic acids is 1. The summed E-state index contributed by atoms with van der Waals surface area (Å²) in [5.41, 5.74) is 2.78. The standard InChI is InChI=1S/C22H20N2O3/c1-17(22(25)26)27-21-14-12-18(13-15-21)16-23-24(19-8-4-2-5-9-19)20-10-6-3-7-11-20/h2-17H,1H3,(H,25,26)/b23-16-/t17-/m0/s1. The van der Waals surface area contributed by atoms with Crippen LogP contribution in [0.5, 0.6) is 5.75 Å². The van der Waals surface area contributed by atoms with Crippen LogP contribution in [0, 0.1) is 0 Å². The minimum absolute atomic E-state index is 0.505. The van der Waals surface area contributed by atoms with E-state index in [0.717, 1.165) is 16.9 Å². The number of aliphatic carboxylic acids is 1. The van der Waals surface area contributed by atoms with Gasteiger partial charge in [-0.3, -0.25) is 0 Å². The fourth-order valence-corrected chi connectivity index (χ4v) is 2.43. The van der Waals surface area contributed by atoms with E-state index in [1.807, 2.05) is 77.8 Å². The maximum atomic E-state index is 10.9. The van der Waals surface area contributed by atoms with Crippen molar-refractivity contribution in [2.45, 2.75) is 13.0 Å². The first-order valence-corrected chi connectivity index (χ1v) is 8.57. The van der Waals surface area contributed by atoms with Gasteiger partial charge in [-0.1, -0.05) is 36.4 Å². The van der Waals surface area contributed by atoms with Gasteiger partial charge in [0.1, 0.15) is 5.75 Å². The van der Waals surface area contributed by atoms with Crippen molar-refractivity contribution in [1.82, 2.24) is 0 Å². The molecule has 136 valence electrons. The number of rotatable bonds is 7. The zero-order chi connectivity index (χ0) is 19.1. The molecule has 27 heavy (non-hydrogen) atoms. The molecule has 0 aliphatic heterocycles. The maximum Gasteiger partial charge on any atom is 0.344 e. The summed E-state index contributed by atoms with van der Waals surface area (Å²) >= 11 is 0. The lowest BCUT2D eigenvalue weighted by Gasteiger charge is -2.19. The van der Waals surface area contributed by atoms with Crippen LogP contribution in [0.1, 0.15) is 12.5 Å². The topological polar surface area (TPSA) is 62.1 Å². The van der Waals surface area contributed by atoms with E-state index >= 15 is 0 Å². The van der Waals surface area contributed by atoms with Gasteiger partial charge in [-0.15, -0.1) is 0 Å². The molecular weight excluding hydrogens is 340 g/mol. The molecule has 0 amide bonds. The van der Waals surface area contributed by atoms with Crippen LogP contribution in [0.4, 0.5) is 11.4 Å². The lowest BCUT2D eigenvalue weighted by molar-refractivity contribution is -0.144. The number of hydrogen-bond acceptors (Lipinski definition) is 4. The highest BCUT2D eigenvalue weighted by atomic mass is 16.5.